The van der Waals surface area contributed by atoms with Crippen LogP contribution in [0.15, 0.2) is 36.4 Å². The number of ether oxygens (including phenoxy) is 2. The number of aliphatic hydroxyl groups excluding tert-OH is 1. The van der Waals surface area contributed by atoms with E-state index in [0.29, 0.717) is 6.07 Å². The van der Waals surface area contributed by atoms with Crippen molar-refractivity contribution in [3.63, 3.8) is 0 Å². The number of halogens is 2. The van der Waals surface area contributed by atoms with Gasteiger partial charge in [0.25, 0.3) is 0 Å². The molecule has 0 aliphatic heterocycles. The van der Waals surface area contributed by atoms with Gasteiger partial charge in [0.2, 0.25) is 0 Å². The van der Waals surface area contributed by atoms with Crippen molar-refractivity contribution in [2.75, 3.05) is 13.7 Å². The minimum Gasteiger partial charge on any atom is -0.496 e. The summed E-state index contributed by atoms with van der Waals surface area (Å²) in [4.78, 5) is 10.3. The molecule has 0 saturated carbocycles. The molecule has 8 heteroatoms. The third-order valence-electron chi connectivity index (χ3n) is 3.08. The lowest BCUT2D eigenvalue weighted by molar-refractivity contribution is -0.386. The second kappa shape index (κ2) is 7.01. The number of nitro groups is 1. The Balaban J connectivity index is 2.15. The van der Waals surface area contributed by atoms with Gasteiger partial charge in [0.05, 0.1) is 18.1 Å². The molecule has 2 aromatic carbocycles. The number of methoxy groups -OCH3 is 1. The van der Waals surface area contributed by atoms with Crippen LogP contribution in [0.5, 0.6) is 11.5 Å². The van der Waals surface area contributed by atoms with Crippen LogP contribution in [0.4, 0.5) is 14.5 Å². The van der Waals surface area contributed by atoms with Gasteiger partial charge in [0.15, 0.2) is 5.75 Å². The number of nitro benzene ring substituents is 1. The summed E-state index contributed by atoms with van der Waals surface area (Å²) in [7, 11) is 1.36. The molecule has 0 fully saturated rings. The molecule has 0 aromatic heterocycles. The molecule has 1 N–H and O–H groups in total. The van der Waals surface area contributed by atoms with E-state index in [9.17, 15) is 24.0 Å². The fraction of sp³-hybridized carbons (Fsp3) is 0.200. The van der Waals surface area contributed by atoms with Crippen LogP contribution in [-0.4, -0.2) is 23.7 Å². The highest BCUT2D eigenvalue weighted by molar-refractivity contribution is 5.50. The largest absolute Gasteiger partial charge is 0.496 e. The molecule has 2 rings (SSSR count). The van der Waals surface area contributed by atoms with E-state index >= 15 is 0 Å². The summed E-state index contributed by atoms with van der Waals surface area (Å²) < 4.78 is 36.5. The van der Waals surface area contributed by atoms with Crippen LogP contribution < -0.4 is 9.47 Å². The van der Waals surface area contributed by atoms with Crippen molar-refractivity contribution in [3.05, 3.63) is 63.7 Å². The van der Waals surface area contributed by atoms with Crippen LogP contribution in [0.2, 0.25) is 0 Å². The van der Waals surface area contributed by atoms with Gasteiger partial charge in [-0.25, -0.2) is 8.78 Å². The first-order valence-electron chi connectivity index (χ1n) is 6.50. The quantitative estimate of drug-likeness (QED) is 0.652. The first kappa shape index (κ1) is 16.6. The average Bonchev–Trinajstić information content (AvgIpc) is 2.52. The highest BCUT2D eigenvalue weighted by atomic mass is 19.1. The summed E-state index contributed by atoms with van der Waals surface area (Å²) in [6, 6.07) is 6.64. The van der Waals surface area contributed by atoms with E-state index in [-0.39, 0.29) is 22.7 Å². The zero-order chi connectivity index (χ0) is 17.0. The Morgan fingerprint density at radius 3 is 2.61 bits per heavy atom. The molecule has 0 radical (unpaired) electrons. The van der Waals surface area contributed by atoms with E-state index in [1.54, 1.807) is 0 Å². The molecular weight excluding hydrogens is 312 g/mol. The first-order chi connectivity index (χ1) is 10.9. The molecule has 2 aromatic rings. The topological polar surface area (TPSA) is 81.8 Å². The van der Waals surface area contributed by atoms with Crippen LogP contribution in [0.25, 0.3) is 0 Å². The van der Waals surface area contributed by atoms with Crippen molar-refractivity contribution >= 4 is 5.69 Å². The van der Waals surface area contributed by atoms with Gasteiger partial charge in [-0.15, -0.1) is 0 Å². The second-order valence-corrected chi connectivity index (χ2v) is 4.58. The Morgan fingerprint density at radius 1 is 1.26 bits per heavy atom. The number of benzene rings is 2. The fourth-order valence-electron chi connectivity index (χ4n) is 1.92. The third-order valence-corrected chi connectivity index (χ3v) is 3.08. The number of rotatable bonds is 6. The van der Waals surface area contributed by atoms with Crippen molar-refractivity contribution in [3.8, 4) is 11.5 Å². The number of nitrogens with zero attached hydrogens (tertiary/aromatic N) is 1. The maximum Gasteiger partial charge on any atom is 0.314 e. The van der Waals surface area contributed by atoms with Crippen molar-refractivity contribution in [1.82, 2.24) is 0 Å². The lowest BCUT2D eigenvalue weighted by atomic mass is 10.1. The van der Waals surface area contributed by atoms with Crippen LogP contribution in [0.3, 0.4) is 0 Å². The van der Waals surface area contributed by atoms with Gasteiger partial charge in [-0.05, 0) is 18.2 Å². The summed E-state index contributed by atoms with van der Waals surface area (Å²) >= 11 is 0. The van der Waals surface area contributed by atoms with Gasteiger partial charge in [-0.2, -0.15) is 0 Å². The molecule has 6 nitrogen and oxygen atoms in total. The van der Waals surface area contributed by atoms with Crippen LogP contribution >= 0.6 is 0 Å². The molecule has 1 unspecified atom stereocenters. The predicted molar refractivity (Wildman–Crippen MR) is 76.5 cm³/mol. The van der Waals surface area contributed by atoms with Crippen LogP contribution in [0, 0.1) is 21.7 Å². The predicted octanol–water partition coefficient (Wildman–Crippen LogP) is 2.99. The number of hydrogen-bond acceptors (Lipinski definition) is 5. The lowest BCUT2D eigenvalue weighted by Gasteiger charge is -2.14. The normalized spacial score (nSPS) is 11.8. The fourth-order valence-corrected chi connectivity index (χ4v) is 1.92. The Bertz CT molecular complexity index is 723. The molecule has 23 heavy (non-hydrogen) atoms. The molecule has 0 aliphatic rings. The summed E-state index contributed by atoms with van der Waals surface area (Å²) in [5, 5.41) is 20.9. The van der Waals surface area contributed by atoms with E-state index < -0.39 is 29.3 Å². The van der Waals surface area contributed by atoms with E-state index in [1.165, 1.54) is 25.3 Å². The van der Waals surface area contributed by atoms with Crippen LogP contribution in [-0.2, 0) is 0 Å². The molecule has 0 heterocycles. The maximum absolute atomic E-state index is 13.6. The second-order valence-electron chi connectivity index (χ2n) is 4.58. The Kier molecular flexibility index (Phi) is 5.07. The van der Waals surface area contributed by atoms with Gasteiger partial charge in [0.1, 0.15) is 30.1 Å². The Morgan fingerprint density at radius 2 is 2.00 bits per heavy atom. The van der Waals surface area contributed by atoms with Crippen molar-refractivity contribution in [2.24, 2.45) is 0 Å². The zero-order valence-corrected chi connectivity index (χ0v) is 12.0. The maximum atomic E-state index is 13.6. The number of hydrogen-bond donors (Lipinski definition) is 1. The van der Waals surface area contributed by atoms with Gasteiger partial charge in [-0.1, -0.05) is 6.07 Å². The summed E-state index contributed by atoms with van der Waals surface area (Å²) in [5.41, 5.74) is -0.515. The summed E-state index contributed by atoms with van der Waals surface area (Å²) in [6.07, 6.45) is -1.41. The minimum absolute atomic E-state index is 0.0997. The molecule has 122 valence electrons. The average molecular weight is 325 g/mol. The summed E-state index contributed by atoms with van der Waals surface area (Å²) in [6.45, 7) is -0.435. The van der Waals surface area contributed by atoms with Crippen molar-refractivity contribution in [2.45, 2.75) is 6.10 Å². The molecule has 1 atom stereocenters. The molecular formula is C15H13F2NO5. The summed E-state index contributed by atoms with van der Waals surface area (Å²) in [5.74, 6) is -1.53. The van der Waals surface area contributed by atoms with Crippen molar-refractivity contribution < 1.29 is 28.3 Å². The smallest absolute Gasteiger partial charge is 0.314 e. The molecule has 0 spiro atoms. The SMILES string of the molecule is COc1ccc(OCC(O)c2ccc(F)cc2F)c([N+](=O)[O-])c1. The third kappa shape index (κ3) is 3.92. The van der Waals surface area contributed by atoms with E-state index in [2.05, 4.69) is 0 Å². The van der Waals surface area contributed by atoms with Crippen molar-refractivity contribution in [1.29, 1.82) is 0 Å². The minimum atomic E-state index is -1.41. The molecule has 0 aliphatic carbocycles. The Labute approximate surface area is 130 Å². The Hall–Kier alpha value is -2.74. The molecule has 0 bridgehead atoms. The first-order valence-corrected chi connectivity index (χ1v) is 6.50. The van der Waals surface area contributed by atoms with Gasteiger partial charge < -0.3 is 14.6 Å². The van der Waals surface area contributed by atoms with E-state index in [1.807, 2.05) is 0 Å². The van der Waals surface area contributed by atoms with Gasteiger partial charge in [0, 0.05) is 11.6 Å². The van der Waals surface area contributed by atoms with Gasteiger partial charge >= 0.3 is 5.69 Å². The molecule has 0 saturated heterocycles. The number of aliphatic hydroxyl groups is 1. The van der Waals surface area contributed by atoms with Gasteiger partial charge in [-0.3, -0.25) is 10.1 Å². The molecule has 0 amide bonds. The van der Waals surface area contributed by atoms with Crippen LogP contribution in [0.1, 0.15) is 11.7 Å². The highest BCUT2D eigenvalue weighted by Crippen LogP contribution is 2.32. The lowest BCUT2D eigenvalue weighted by Crippen LogP contribution is -2.12. The standard InChI is InChI=1S/C15H13F2NO5/c1-22-10-3-5-15(13(7-10)18(20)21)23-8-14(19)11-4-2-9(16)6-12(11)17/h2-7,14,19H,8H2,1H3. The monoisotopic (exact) mass is 325 g/mol. The van der Waals surface area contributed by atoms with E-state index in [4.69, 9.17) is 9.47 Å². The van der Waals surface area contributed by atoms with E-state index in [0.717, 1.165) is 12.1 Å². The highest BCUT2D eigenvalue weighted by Gasteiger charge is 2.19. The zero-order valence-electron chi connectivity index (χ0n) is 12.0.